The van der Waals surface area contributed by atoms with Gasteiger partial charge in [-0.15, -0.1) is 0 Å². The maximum Gasteiger partial charge on any atom is 0.402 e. The average molecular weight is 419 g/mol. The maximum atomic E-state index is 13.3. The van der Waals surface area contributed by atoms with E-state index in [-0.39, 0.29) is 11.4 Å². The number of hydrogen-bond donors (Lipinski definition) is 1. The smallest absolute Gasteiger partial charge is 0.307 e. The molecule has 0 radical (unpaired) electrons. The van der Waals surface area contributed by atoms with Crippen LogP contribution in [0.3, 0.4) is 0 Å². The van der Waals surface area contributed by atoms with Crippen LogP contribution in [0.2, 0.25) is 10.0 Å². The molecule has 0 saturated heterocycles. The van der Waals surface area contributed by atoms with Gasteiger partial charge in [0.2, 0.25) is 5.91 Å². The summed E-state index contributed by atoms with van der Waals surface area (Å²) >= 11 is 11.6. The number of anilines is 2. The maximum absolute atomic E-state index is 13.3. The number of alkyl halides is 3. The van der Waals surface area contributed by atoms with Gasteiger partial charge < -0.3 is 5.32 Å². The Morgan fingerprint density at radius 1 is 0.889 bits per heavy atom. The van der Waals surface area contributed by atoms with E-state index >= 15 is 0 Å². The molecule has 0 spiro atoms. The number of hydrogen-bond acceptors (Lipinski definition) is 2. The van der Waals surface area contributed by atoms with Crippen molar-refractivity contribution in [2.45, 2.75) is 20.0 Å². The lowest BCUT2D eigenvalue weighted by Crippen LogP contribution is -2.52. The molecule has 0 heterocycles. The number of nitrogens with one attached hydrogen (secondary N) is 1. The van der Waals surface area contributed by atoms with Crippen molar-refractivity contribution in [3.05, 3.63) is 58.6 Å². The van der Waals surface area contributed by atoms with Gasteiger partial charge in [0, 0.05) is 15.7 Å². The third-order valence-corrected chi connectivity index (χ3v) is 4.33. The molecule has 0 aliphatic carbocycles. The molecule has 144 valence electrons. The normalized spacial score (nSPS) is 11.8. The zero-order valence-corrected chi connectivity index (χ0v) is 15.8. The van der Waals surface area contributed by atoms with Crippen molar-refractivity contribution in [3.63, 3.8) is 0 Å². The number of halogens is 5. The molecular formula is C18H15Cl2F3N2O2. The molecule has 2 rings (SSSR count). The van der Waals surface area contributed by atoms with Crippen molar-refractivity contribution < 1.29 is 22.8 Å². The first-order valence-electron chi connectivity index (χ1n) is 7.67. The largest absolute Gasteiger partial charge is 0.402 e. The number of benzene rings is 2. The standard InChI is InChI=1S/C18H15Cl2F3N2O2/c1-17(2,18(21,22)23)15(26)25(14-9-5-12(20)6-10-14)16(27)24-13-7-3-11(19)4-8-13/h3-10H,1-2H3,(H,24,27). The van der Waals surface area contributed by atoms with E-state index in [1.807, 2.05) is 0 Å². The summed E-state index contributed by atoms with van der Waals surface area (Å²) in [4.78, 5) is 25.8. The third kappa shape index (κ3) is 4.73. The minimum absolute atomic E-state index is 0.0480. The Balaban J connectivity index is 2.43. The van der Waals surface area contributed by atoms with Crippen LogP contribution < -0.4 is 10.2 Å². The highest BCUT2D eigenvalue weighted by Gasteiger charge is 2.55. The quantitative estimate of drug-likeness (QED) is 0.649. The fourth-order valence-corrected chi connectivity index (χ4v) is 2.28. The first-order valence-corrected chi connectivity index (χ1v) is 8.42. The molecule has 0 aliphatic rings. The lowest BCUT2D eigenvalue weighted by atomic mass is 9.90. The lowest BCUT2D eigenvalue weighted by Gasteiger charge is -2.32. The van der Waals surface area contributed by atoms with E-state index in [0.717, 1.165) is 0 Å². The summed E-state index contributed by atoms with van der Waals surface area (Å²) in [7, 11) is 0. The topological polar surface area (TPSA) is 49.4 Å². The van der Waals surface area contributed by atoms with E-state index < -0.39 is 23.5 Å². The van der Waals surface area contributed by atoms with Gasteiger partial charge in [0.15, 0.2) is 0 Å². The van der Waals surface area contributed by atoms with Crippen LogP contribution in [0, 0.1) is 5.41 Å². The van der Waals surface area contributed by atoms with Crippen molar-refractivity contribution in [1.29, 1.82) is 0 Å². The fourth-order valence-electron chi connectivity index (χ4n) is 2.03. The number of imide groups is 1. The van der Waals surface area contributed by atoms with Crippen molar-refractivity contribution in [2.24, 2.45) is 5.41 Å². The second-order valence-corrected chi connectivity index (χ2v) is 7.05. The van der Waals surface area contributed by atoms with Crippen molar-refractivity contribution in [2.75, 3.05) is 10.2 Å². The van der Waals surface area contributed by atoms with E-state index in [1.165, 1.54) is 48.5 Å². The van der Waals surface area contributed by atoms with Crippen LogP contribution in [0.1, 0.15) is 13.8 Å². The molecule has 27 heavy (non-hydrogen) atoms. The molecule has 3 amide bonds. The highest BCUT2D eigenvalue weighted by atomic mass is 35.5. The molecule has 0 bridgehead atoms. The van der Waals surface area contributed by atoms with Gasteiger partial charge in [0.1, 0.15) is 5.41 Å². The Bertz CT molecular complexity index is 835. The predicted molar refractivity (Wildman–Crippen MR) is 99.2 cm³/mol. The van der Waals surface area contributed by atoms with Gasteiger partial charge in [0.05, 0.1) is 5.69 Å². The van der Waals surface area contributed by atoms with Crippen molar-refractivity contribution >= 4 is 46.5 Å². The number of carbonyl (C=O) groups is 2. The molecule has 0 atom stereocenters. The van der Waals surface area contributed by atoms with Gasteiger partial charge >= 0.3 is 12.2 Å². The van der Waals surface area contributed by atoms with Crippen LogP contribution >= 0.6 is 23.2 Å². The zero-order chi connectivity index (χ0) is 20.4. The van der Waals surface area contributed by atoms with Crippen LogP contribution in [0.25, 0.3) is 0 Å². The van der Waals surface area contributed by atoms with Crippen LogP contribution in [0.15, 0.2) is 48.5 Å². The second kappa shape index (κ2) is 7.78. The van der Waals surface area contributed by atoms with Gasteiger partial charge in [-0.05, 0) is 62.4 Å². The van der Waals surface area contributed by atoms with Crippen LogP contribution in [0.4, 0.5) is 29.3 Å². The third-order valence-electron chi connectivity index (χ3n) is 3.83. The first-order chi connectivity index (χ1) is 12.4. The average Bonchev–Trinajstić information content (AvgIpc) is 2.57. The number of rotatable bonds is 3. The van der Waals surface area contributed by atoms with Gasteiger partial charge in [-0.2, -0.15) is 13.2 Å². The summed E-state index contributed by atoms with van der Waals surface area (Å²) in [6.45, 7) is 1.43. The monoisotopic (exact) mass is 418 g/mol. The molecule has 2 aromatic rings. The van der Waals surface area contributed by atoms with E-state index in [2.05, 4.69) is 5.32 Å². The SMILES string of the molecule is CC(C)(C(=O)N(C(=O)Nc1ccc(Cl)cc1)c1ccc(Cl)cc1)C(F)(F)F. The molecular weight excluding hydrogens is 404 g/mol. The van der Waals surface area contributed by atoms with Gasteiger partial charge in [-0.25, -0.2) is 9.69 Å². The summed E-state index contributed by atoms with van der Waals surface area (Å²) in [5.74, 6) is -1.43. The lowest BCUT2D eigenvalue weighted by molar-refractivity contribution is -0.209. The number of urea groups is 1. The second-order valence-electron chi connectivity index (χ2n) is 6.18. The minimum atomic E-state index is -4.85. The summed E-state index contributed by atoms with van der Waals surface area (Å²) in [5.41, 5.74) is -2.57. The van der Waals surface area contributed by atoms with E-state index in [9.17, 15) is 22.8 Å². The molecule has 4 nitrogen and oxygen atoms in total. The van der Waals surface area contributed by atoms with Crippen molar-refractivity contribution in [1.82, 2.24) is 0 Å². The highest BCUT2D eigenvalue weighted by Crippen LogP contribution is 2.40. The minimum Gasteiger partial charge on any atom is -0.307 e. The molecule has 9 heteroatoms. The Kier molecular flexibility index (Phi) is 6.07. The molecule has 0 unspecified atom stereocenters. The van der Waals surface area contributed by atoms with Gasteiger partial charge in [-0.1, -0.05) is 23.2 Å². The predicted octanol–water partition coefficient (Wildman–Crippen LogP) is 6.15. The summed E-state index contributed by atoms with van der Waals surface area (Å²) in [6.07, 6.45) is -4.85. The van der Waals surface area contributed by atoms with E-state index in [1.54, 1.807) is 0 Å². The van der Waals surface area contributed by atoms with Crippen molar-refractivity contribution in [3.8, 4) is 0 Å². The molecule has 0 aromatic heterocycles. The van der Waals surface area contributed by atoms with E-state index in [0.29, 0.717) is 28.8 Å². The Labute approximate surface area is 163 Å². The van der Waals surface area contributed by atoms with Crippen LogP contribution in [-0.2, 0) is 4.79 Å². The molecule has 0 aliphatic heterocycles. The fraction of sp³-hybridized carbons (Fsp3) is 0.222. The zero-order valence-electron chi connectivity index (χ0n) is 14.3. The molecule has 0 fully saturated rings. The molecule has 0 saturated carbocycles. The number of carbonyl (C=O) groups excluding carboxylic acids is 2. The Morgan fingerprint density at radius 2 is 1.33 bits per heavy atom. The van der Waals surface area contributed by atoms with E-state index in [4.69, 9.17) is 23.2 Å². The summed E-state index contributed by atoms with van der Waals surface area (Å²) < 4.78 is 40.0. The number of amides is 3. The Hall–Kier alpha value is -2.25. The molecule has 1 N–H and O–H groups in total. The summed E-state index contributed by atoms with van der Waals surface area (Å²) in [5, 5.41) is 3.11. The Morgan fingerprint density at radius 3 is 1.78 bits per heavy atom. The van der Waals surface area contributed by atoms with Gasteiger partial charge in [0.25, 0.3) is 0 Å². The van der Waals surface area contributed by atoms with Gasteiger partial charge in [-0.3, -0.25) is 4.79 Å². The molecule has 2 aromatic carbocycles. The number of nitrogens with zero attached hydrogens (tertiary/aromatic N) is 1. The summed E-state index contributed by atoms with van der Waals surface area (Å²) in [6, 6.07) is 10.2. The highest BCUT2D eigenvalue weighted by molar-refractivity contribution is 6.31. The van der Waals surface area contributed by atoms with Crippen LogP contribution in [0.5, 0.6) is 0 Å². The first kappa shape index (κ1) is 21.1. The van der Waals surface area contributed by atoms with Crippen LogP contribution in [-0.4, -0.2) is 18.1 Å².